The predicted octanol–water partition coefficient (Wildman–Crippen LogP) is 4.11. The lowest BCUT2D eigenvalue weighted by Crippen LogP contribution is -2.29. The minimum atomic E-state index is -0.590. The summed E-state index contributed by atoms with van der Waals surface area (Å²) < 4.78 is 5.65. The van der Waals surface area contributed by atoms with Crippen molar-refractivity contribution >= 4 is 40.0 Å². The van der Waals surface area contributed by atoms with Gasteiger partial charge in [0.2, 0.25) is 5.89 Å². The van der Waals surface area contributed by atoms with Crippen LogP contribution in [-0.2, 0) is 0 Å². The molecule has 4 aromatic rings. The highest BCUT2D eigenvalue weighted by Gasteiger charge is 2.37. The van der Waals surface area contributed by atoms with Crippen LogP contribution in [0.4, 0.5) is 17.1 Å². The molecule has 0 bridgehead atoms. The molecule has 11 heteroatoms. The number of rotatable bonds is 4. The van der Waals surface area contributed by atoms with Crippen LogP contribution in [0.2, 0.25) is 0 Å². The number of carbonyl (C=O) groups is 2. The number of nitrogens with zero attached hydrogens (tertiary/aromatic N) is 4. The maximum absolute atomic E-state index is 12.9. The van der Waals surface area contributed by atoms with Gasteiger partial charge in [-0.3, -0.25) is 29.8 Å². The SMILES string of the molecule is O=C1c2ccc(-c3nc4cc([N+](=O)[O-])ccc4o3)cc2C(=O)N1c1ccc([N+](=O)[O-])cc1. The molecule has 5 rings (SSSR count). The molecule has 1 aliphatic rings. The van der Waals surface area contributed by atoms with Crippen LogP contribution >= 0.6 is 0 Å². The molecule has 156 valence electrons. The zero-order valence-electron chi connectivity index (χ0n) is 15.9. The molecule has 0 N–H and O–H groups in total. The van der Waals surface area contributed by atoms with Crippen molar-refractivity contribution in [1.29, 1.82) is 0 Å². The van der Waals surface area contributed by atoms with Crippen molar-refractivity contribution in [2.75, 3.05) is 4.90 Å². The first-order chi connectivity index (χ1) is 15.3. The molecule has 2 heterocycles. The van der Waals surface area contributed by atoms with Gasteiger partial charge in [0.05, 0.1) is 26.7 Å². The van der Waals surface area contributed by atoms with E-state index in [1.165, 1.54) is 54.6 Å². The standard InChI is InChI=1S/C21H10N4O7/c26-20-15-7-1-11(19-22-17-10-14(25(30)31)6-8-18(17)32-19)9-16(15)21(27)23(20)12-2-4-13(5-3-12)24(28)29/h1-10H. The number of fused-ring (bicyclic) bond motifs is 2. The van der Waals surface area contributed by atoms with Gasteiger partial charge in [-0.1, -0.05) is 0 Å². The second-order valence-corrected chi connectivity index (χ2v) is 6.91. The first-order valence-corrected chi connectivity index (χ1v) is 9.16. The monoisotopic (exact) mass is 430 g/mol. The van der Waals surface area contributed by atoms with E-state index in [9.17, 15) is 29.8 Å². The van der Waals surface area contributed by atoms with Crippen LogP contribution in [0.3, 0.4) is 0 Å². The number of non-ortho nitro benzene ring substituents is 2. The topological polar surface area (TPSA) is 150 Å². The smallest absolute Gasteiger partial charge is 0.271 e. The minimum Gasteiger partial charge on any atom is -0.436 e. The number of oxazole rings is 1. The van der Waals surface area contributed by atoms with E-state index in [0.29, 0.717) is 11.1 Å². The fraction of sp³-hybridized carbons (Fsp3) is 0. The van der Waals surface area contributed by atoms with Gasteiger partial charge in [-0.2, -0.15) is 0 Å². The number of nitro groups is 2. The van der Waals surface area contributed by atoms with Crippen LogP contribution in [0.1, 0.15) is 20.7 Å². The molecule has 3 aromatic carbocycles. The third kappa shape index (κ3) is 2.88. The third-order valence-electron chi connectivity index (χ3n) is 5.03. The van der Waals surface area contributed by atoms with Gasteiger partial charge < -0.3 is 4.42 Å². The summed E-state index contributed by atoms with van der Waals surface area (Å²) in [7, 11) is 0. The number of anilines is 1. The Bertz CT molecular complexity index is 1470. The highest BCUT2D eigenvalue weighted by Crippen LogP contribution is 2.33. The van der Waals surface area contributed by atoms with Gasteiger partial charge in [0, 0.05) is 29.8 Å². The molecule has 0 atom stereocenters. The van der Waals surface area contributed by atoms with Gasteiger partial charge in [-0.05, 0) is 36.4 Å². The summed E-state index contributed by atoms with van der Waals surface area (Å²) in [5.74, 6) is -1.01. The van der Waals surface area contributed by atoms with Crippen molar-refractivity contribution in [3.63, 3.8) is 0 Å². The predicted molar refractivity (Wildman–Crippen MR) is 110 cm³/mol. The number of aromatic nitrogens is 1. The maximum Gasteiger partial charge on any atom is 0.271 e. The lowest BCUT2D eigenvalue weighted by atomic mass is 10.1. The fourth-order valence-electron chi connectivity index (χ4n) is 3.48. The first kappa shape index (κ1) is 19.1. The number of hydrogen-bond donors (Lipinski definition) is 0. The fourth-order valence-corrected chi connectivity index (χ4v) is 3.48. The minimum absolute atomic E-state index is 0.124. The molecule has 0 fully saturated rings. The summed E-state index contributed by atoms with van der Waals surface area (Å²) in [6.07, 6.45) is 0. The summed E-state index contributed by atoms with van der Waals surface area (Å²) in [5, 5.41) is 21.8. The van der Waals surface area contributed by atoms with E-state index in [1.54, 1.807) is 6.07 Å². The van der Waals surface area contributed by atoms with E-state index in [4.69, 9.17) is 4.42 Å². The van der Waals surface area contributed by atoms with Gasteiger partial charge in [-0.15, -0.1) is 0 Å². The van der Waals surface area contributed by atoms with Crippen LogP contribution in [0.25, 0.3) is 22.6 Å². The van der Waals surface area contributed by atoms with Crippen molar-refractivity contribution in [2.45, 2.75) is 0 Å². The molecule has 1 aliphatic heterocycles. The number of carbonyl (C=O) groups excluding carboxylic acids is 2. The van der Waals surface area contributed by atoms with Crippen molar-refractivity contribution in [2.24, 2.45) is 0 Å². The van der Waals surface area contributed by atoms with Crippen molar-refractivity contribution in [1.82, 2.24) is 4.98 Å². The Balaban J connectivity index is 1.52. The molecule has 0 saturated heterocycles. The first-order valence-electron chi connectivity index (χ1n) is 9.16. The zero-order valence-corrected chi connectivity index (χ0v) is 15.9. The van der Waals surface area contributed by atoms with E-state index in [-0.39, 0.29) is 39.6 Å². The van der Waals surface area contributed by atoms with Crippen LogP contribution in [0, 0.1) is 20.2 Å². The quantitative estimate of drug-likeness (QED) is 0.267. The molecular weight excluding hydrogens is 420 g/mol. The Morgan fingerprint density at radius 3 is 2.12 bits per heavy atom. The van der Waals surface area contributed by atoms with Crippen molar-refractivity contribution in [3.05, 3.63) is 92.0 Å². The average molecular weight is 430 g/mol. The Labute approximate surface area is 177 Å². The Morgan fingerprint density at radius 2 is 1.44 bits per heavy atom. The second-order valence-electron chi connectivity index (χ2n) is 6.91. The maximum atomic E-state index is 12.9. The molecule has 11 nitrogen and oxygen atoms in total. The zero-order chi connectivity index (χ0) is 22.6. The Kier molecular flexibility index (Phi) is 4.05. The lowest BCUT2D eigenvalue weighted by molar-refractivity contribution is -0.385. The number of hydrogen-bond acceptors (Lipinski definition) is 8. The van der Waals surface area contributed by atoms with Crippen molar-refractivity contribution in [3.8, 4) is 11.5 Å². The Morgan fingerprint density at radius 1 is 0.781 bits per heavy atom. The van der Waals surface area contributed by atoms with E-state index >= 15 is 0 Å². The summed E-state index contributed by atoms with van der Waals surface area (Å²) in [6.45, 7) is 0. The molecule has 1 aromatic heterocycles. The van der Waals surface area contributed by atoms with Crippen LogP contribution < -0.4 is 4.90 Å². The summed E-state index contributed by atoms with van der Waals surface area (Å²) in [5.41, 5.74) is 1.23. The van der Waals surface area contributed by atoms with Crippen molar-refractivity contribution < 1.29 is 23.9 Å². The number of imide groups is 1. The molecule has 0 aliphatic carbocycles. The third-order valence-corrected chi connectivity index (χ3v) is 5.03. The van der Waals surface area contributed by atoms with Gasteiger partial charge in [0.15, 0.2) is 5.58 Å². The molecule has 2 amide bonds. The number of amides is 2. The molecular formula is C21H10N4O7. The van der Waals surface area contributed by atoms with Gasteiger partial charge >= 0.3 is 0 Å². The van der Waals surface area contributed by atoms with Gasteiger partial charge in [0.25, 0.3) is 23.2 Å². The molecule has 32 heavy (non-hydrogen) atoms. The Hall–Kier alpha value is -4.93. The second kappa shape index (κ2) is 6.80. The molecule has 0 radical (unpaired) electrons. The lowest BCUT2D eigenvalue weighted by Gasteiger charge is -2.13. The van der Waals surface area contributed by atoms with Crippen LogP contribution in [0.15, 0.2) is 65.1 Å². The average Bonchev–Trinajstić information content (AvgIpc) is 3.32. The van der Waals surface area contributed by atoms with Crippen LogP contribution in [-0.4, -0.2) is 26.6 Å². The summed E-state index contributed by atoms with van der Waals surface area (Å²) in [4.78, 5) is 51.6. The van der Waals surface area contributed by atoms with E-state index in [1.807, 2.05) is 0 Å². The highest BCUT2D eigenvalue weighted by molar-refractivity contribution is 6.34. The molecule has 0 unspecified atom stereocenters. The molecule has 0 saturated carbocycles. The van der Waals surface area contributed by atoms with E-state index in [0.717, 1.165) is 4.90 Å². The van der Waals surface area contributed by atoms with E-state index < -0.39 is 21.7 Å². The summed E-state index contributed by atoms with van der Waals surface area (Å²) >= 11 is 0. The number of benzene rings is 3. The highest BCUT2D eigenvalue weighted by atomic mass is 16.6. The van der Waals surface area contributed by atoms with Crippen LogP contribution in [0.5, 0.6) is 0 Å². The normalized spacial score (nSPS) is 12.9. The van der Waals surface area contributed by atoms with Gasteiger partial charge in [-0.25, -0.2) is 9.88 Å². The molecule has 0 spiro atoms. The van der Waals surface area contributed by atoms with E-state index in [2.05, 4.69) is 4.98 Å². The largest absolute Gasteiger partial charge is 0.436 e. The van der Waals surface area contributed by atoms with Gasteiger partial charge in [0.1, 0.15) is 5.52 Å². The summed E-state index contributed by atoms with van der Waals surface area (Å²) in [6, 6.07) is 13.6. The number of nitro benzene ring substituents is 2.